The molecule has 0 saturated carbocycles. The van der Waals surface area contributed by atoms with E-state index in [4.69, 9.17) is 4.74 Å². The van der Waals surface area contributed by atoms with Crippen molar-refractivity contribution >= 4 is 17.1 Å². The summed E-state index contributed by atoms with van der Waals surface area (Å²) in [6, 6.07) is 8.04. The van der Waals surface area contributed by atoms with Gasteiger partial charge in [0.1, 0.15) is 17.4 Å². The number of hydrogen-bond donors (Lipinski definition) is 2. The lowest BCUT2D eigenvalue weighted by Crippen LogP contribution is -2.40. The van der Waals surface area contributed by atoms with E-state index in [0.29, 0.717) is 30.8 Å². The molecule has 1 amide bonds. The number of nitrogens with zero attached hydrogens (tertiary/aromatic N) is 4. The molecule has 4 heterocycles. The second kappa shape index (κ2) is 11.2. The summed E-state index contributed by atoms with van der Waals surface area (Å²) >= 11 is 0. The Balaban J connectivity index is 1.48. The Bertz CT molecular complexity index is 1690. The molecule has 1 saturated heterocycles. The molecule has 5 rings (SSSR count). The molecule has 2 atom stereocenters. The maximum Gasteiger partial charge on any atom is 0.416 e. The highest BCUT2D eigenvalue weighted by Gasteiger charge is 2.35. The summed E-state index contributed by atoms with van der Waals surface area (Å²) in [6.07, 6.45) is -2.54. The van der Waals surface area contributed by atoms with E-state index >= 15 is 0 Å². The molecule has 1 aliphatic heterocycles. The van der Waals surface area contributed by atoms with E-state index in [1.54, 1.807) is 12.1 Å². The number of fused-ring (bicyclic) bond motifs is 1. The van der Waals surface area contributed by atoms with E-state index in [-0.39, 0.29) is 48.0 Å². The number of aromatic nitrogens is 5. The summed E-state index contributed by atoms with van der Waals surface area (Å²) in [6.45, 7) is 4.74. The summed E-state index contributed by atoms with van der Waals surface area (Å²) < 4.78 is 48.9. The molecule has 1 fully saturated rings. The van der Waals surface area contributed by atoms with Gasteiger partial charge in [-0.05, 0) is 36.6 Å². The predicted octanol–water partition coefficient (Wildman–Crippen LogP) is 4.04. The fraction of sp³-hybridized carbons (Fsp3) is 0.393. The highest BCUT2D eigenvalue weighted by atomic mass is 19.4. The molecule has 3 aromatic heterocycles. The second-order valence-corrected chi connectivity index (χ2v) is 9.99. The van der Waals surface area contributed by atoms with Crippen molar-refractivity contribution in [1.82, 2.24) is 29.4 Å². The van der Waals surface area contributed by atoms with Crippen LogP contribution in [0.3, 0.4) is 0 Å². The van der Waals surface area contributed by atoms with Gasteiger partial charge in [-0.3, -0.25) is 18.7 Å². The zero-order valence-electron chi connectivity index (χ0n) is 22.5. The largest absolute Gasteiger partial charge is 0.469 e. The molecular weight excluding hydrogens is 541 g/mol. The molecule has 0 spiro atoms. The first kappa shape index (κ1) is 28.1. The van der Waals surface area contributed by atoms with Crippen LogP contribution in [-0.2, 0) is 24.1 Å². The third-order valence-electron chi connectivity index (χ3n) is 6.99. The Morgan fingerprint density at radius 3 is 2.46 bits per heavy atom. The number of amides is 1. The first-order chi connectivity index (χ1) is 19.6. The van der Waals surface area contributed by atoms with E-state index in [1.165, 1.54) is 27.5 Å². The van der Waals surface area contributed by atoms with Gasteiger partial charge in [0.05, 0.1) is 5.56 Å². The molecule has 0 radical (unpaired) electrons. The van der Waals surface area contributed by atoms with Gasteiger partial charge in [-0.1, -0.05) is 26.0 Å². The quantitative estimate of drug-likeness (QED) is 0.313. The van der Waals surface area contributed by atoms with Crippen LogP contribution in [0.5, 0.6) is 5.88 Å². The maximum atomic E-state index is 13.4. The van der Waals surface area contributed by atoms with Crippen LogP contribution < -0.4 is 21.3 Å². The standard InChI is InChI=1S/C28H29F3N6O4/c1-3-10-36-25-22(26(39)37(11-4-2)27(36)40)34-24(35-25)17-8-9-21(33-14-17)41-23(18-13-20(38)32-15-18)16-6-5-7-19(12-16)28(29,30)31/h5-9,12,14,18,23H,3-4,10-11,13,15H2,1-2H3,(H,32,38)(H,34,35). The van der Waals surface area contributed by atoms with Crippen LogP contribution in [0.25, 0.3) is 22.6 Å². The number of ether oxygens (including phenoxy) is 1. The lowest BCUT2D eigenvalue weighted by Gasteiger charge is -2.24. The van der Waals surface area contributed by atoms with Crippen molar-refractivity contribution in [3.63, 3.8) is 0 Å². The zero-order valence-corrected chi connectivity index (χ0v) is 22.5. The molecule has 2 N–H and O–H groups in total. The molecule has 10 nitrogen and oxygen atoms in total. The number of aryl methyl sites for hydroxylation is 1. The van der Waals surface area contributed by atoms with Crippen LogP contribution in [0.2, 0.25) is 0 Å². The fourth-order valence-corrected chi connectivity index (χ4v) is 5.04. The zero-order chi connectivity index (χ0) is 29.3. The molecule has 1 aromatic carbocycles. The van der Waals surface area contributed by atoms with E-state index < -0.39 is 35.0 Å². The molecule has 216 valence electrons. The minimum atomic E-state index is -4.53. The third-order valence-corrected chi connectivity index (χ3v) is 6.99. The Morgan fingerprint density at radius 2 is 1.83 bits per heavy atom. The second-order valence-electron chi connectivity index (χ2n) is 9.99. The number of carbonyl (C=O) groups excluding carboxylic acids is 1. The summed E-state index contributed by atoms with van der Waals surface area (Å²) in [5, 5.41) is 2.70. The Morgan fingerprint density at radius 1 is 1.07 bits per heavy atom. The van der Waals surface area contributed by atoms with Crippen molar-refractivity contribution in [3.05, 3.63) is 74.6 Å². The molecule has 0 aliphatic carbocycles. The number of benzene rings is 1. The monoisotopic (exact) mass is 570 g/mol. The van der Waals surface area contributed by atoms with Gasteiger partial charge < -0.3 is 15.0 Å². The fourth-order valence-electron chi connectivity index (χ4n) is 5.04. The van der Waals surface area contributed by atoms with Crippen molar-refractivity contribution in [2.45, 2.75) is 58.5 Å². The average molecular weight is 571 g/mol. The SMILES string of the molecule is CCCn1c(=O)c2[nH]c(-c3ccc(OC(c4cccc(C(F)(F)F)c4)C4CNC(=O)C4)nc3)nc2n(CCC)c1=O. The van der Waals surface area contributed by atoms with Crippen molar-refractivity contribution in [3.8, 4) is 17.3 Å². The van der Waals surface area contributed by atoms with Gasteiger partial charge in [-0.25, -0.2) is 14.8 Å². The van der Waals surface area contributed by atoms with E-state index in [9.17, 15) is 27.6 Å². The van der Waals surface area contributed by atoms with E-state index in [1.807, 2.05) is 13.8 Å². The van der Waals surface area contributed by atoms with Crippen LogP contribution in [-0.4, -0.2) is 36.5 Å². The first-order valence-electron chi connectivity index (χ1n) is 13.4. The summed E-state index contributed by atoms with van der Waals surface area (Å²) in [5.74, 6) is -0.138. The minimum absolute atomic E-state index is 0.104. The highest BCUT2D eigenvalue weighted by molar-refractivity contribution is 5.78. The lowest BCUT2D eigenvalue weighted by molar-refractivity contribution is -0.137. The topological polar surface area (TPSA) is 124 Å². The van der Waals surface area contributed by atoms with Crippen molar-refractivity contribution in [1.29, 1.82) is 0 Å². The molecule has 4 aromatic rings. The Labute approximate surface area is 232 Å². The highest BCUT2D eigenvalue weighted by Crippen LogP contribution is 2.36. The summed E-state index contributed by atoms with van der Waals surface area (Å²) in [4.78, 5) is 49.8. The molecule has 0 bridgehead atoms. The van der Waals surface area contributed by atoms with Gasteiger partial charge >= 0.3 is 11.9 Å². The minimum Gasteiger partial charge on any atom is -0.469 e. The number of H-pyrrole nitrogens is 1. The summed E-state index contributed by atoms with van der Waals surface area (Å²) in [5.41, 5.74) is -0.410. The normalized spacial score (nSPS) is 16.2. The Kier molecular flexibility index (Phi) is 7.70. The molecular formula is C28H29F3N6O4. The number of imidazole rings is 1. The lowest BCUT2D eigenvalue weighted by atomic mass is 9.93. The average Bonchev–Trinajstić information content (AvgIpc) is 3.59. The van der Waals surface area contributed by atoms with Gasteiger partial charge in [0, 0.05) is 49.8 Å². The number of rotatable bonds is 9. The number of halogens is 3. The van der Waals surface area contributed by atoms with Crippen molar-refractivity contribution in [2.24, 2.45) is 5.92 Å². The Hall–Kier alpha value is -4.42. The van der Waals surface area contributed by atoms with E-state index in [0.717, 1.165) is 12.1 Å². The number of aromatic amines is 1. The smallest absolute Gasteiger partial charge is 0.416 e. The van der Waals surface area contributed by atoms with Crippen LogP contribution in [0, 0.1) is 5.92 Å². The first-order valence-corrected chi connectivity index (χ1v) is 13.4. The number of nitrogens with one attached hydrogen (secondary N) is 2. The van der Waals surface area contributed by atoms with Crippen molar-refractivity contribution < 1.29 is 22.7 Å². The summed E-state index contributed by atoms with van der Waals surface area (Å²) in [7, 11) is 0. The van der Waals surface area contributed by atoms with Gasteiger partial charge in [0.15, 0.2) is 5.65 Å². The van der Waals surface area contributed by atoms with Gasteiger partial charge in [0.2, 0.25) is 11.8 Å². The van der Waals surface area contributed by atoms with Gasteiger partial charge in [-0.2, -0.15) is 13.2 Å². The number of carbonyl (C=O) groups is 1. The van der Waals surface area contributed by atoms with Gasteiger partial charge in [0.25, 0.3) is 5.56 Å². The molecule has 2 unspecified atom stereocenters. The van der Waals surface area contributed by atoms with Crippen LogP contribution >= 0.6 is 0 Å². The maximum absolute atomic E-state index is 13.4. The van der Waals surface area contributed by atoms with E-state index in [2.05, 4.69) is 20.3 Å². The molecule has 41 heavy (non-hydrogen) atoms. The molecule has 1 aliphatic rings. The predicted molar refractivity (Wildman–Crippen MR) is 144 cm³/mol. The third kappa shape index (κ3) is 5.61. The van der Waals surface area contributed by atoms with Crippen molar-refractivity contribution in [2.75, 3.05) is 6.54 Å². The number of hydrogen-bond acceptors (Lipinski definition) is 6. The van der Waals surface area contributed by atoms with Crippen LogP contribution in [0.1, 0.15) is 50.3 Å². The van der Waals surface area contributed by atoms with Gasteiger partial charge in [-0.15, -0.1) is 0 Å². The number of alkyl halides is 3. The molecule has 13 heteroatoms. The number of pyridine rings is 1. The van der Waals surface area contributed by atoms with Crippen LogP contribution in [0.4, 0.5) is 13.2 Å². The van der Waals surface area contributed by atoms with Crippen LogP contribution in [0.15, 0.2) is 52.2 Å².